The summed E-state index contributed by atoms with van der Waals surface area (Å²) in [6.45, 7) is 4.11. The van der Waals surface area contributed by atoms with Gasteiger partial charge in [0.15, 0.2) is 0 Å². The third-order valence-electron chi connectivity index (χ3n) is 2.35. The highest BCUT2D eigenvalue weighted by atomic mass is 79.9. The Kier molecular flexibility index (Phi) is 3.69. The molecule has 0 fully saturated rings. The number of hydrogen-bond acceptors (Lipinski definition) is 1. The first kappa shape index (κ1) is 11.2. The molecule has 1 amide bonds. The van der Waals surface area contributed by atoms with Crippen molar-refractivity contribution < 1.29 is 4.79 Å². The van der Waals surface area contributed by atoms with E-state index in [1.165, 1.54) is 5.56 Å². The molecule has 1 rings (SSSR count). The van der Waals surface area contributed by atoms with Gasteiger partial charge in [-0.3, -0.25) is 4.79 Å². The molecule has 0 aromatic heterocycles. The SMILES string of the molecule is CCc1c(Br)ccc(C(N)=O)c1CC. The molecule has 0 aliphatic heterocycles. The number of carbonyl (C=O) groups excluding carboxylic acids is 1. The van der Waals surface area contributed by atoms with Crippen molar-refractivity contribution in [3.8, 4) is 0 Å². The Balaban J connectivity index is 3.40. The Morgan fingerprint density at radius 2 is 1.86 bits per heavy atom. The molecular formula is C11H14BrNO. The van der Waals surface area contributed by atoms with Crippen LogP contribution in [0.25, 0.3) is 0 Å². The summed E-state index contributed by atoms with van der Waals surface area (Å²) in [5.41, 5.74) is 8.20. The lowest BCUT2D eigenvalue weighted by Crippen LogP contribution is -2.15. The van der Waals surface area contributed by atoms with Crippen molar-refractivity contribution >= 4 is 21.8 Å². The minimum Gasteiger partial charge on any atom is -0.366 e. The van der Waals surface area contributed by atoms with Crippen molar-refractivity contribution in [1.82, 2.24) is 0 Å². The van der Waals surface area contributed by atoms with Crippen LogP contribution in [0.3, 0.4) is 0 Å². The van der Waals surface area contributed by atoms with Crippen molar-refractivity contribution in [2.45, 2.75) is 26.7 Å². The van der Waals surface area contributed by atoms with E-state index < -0.39 is 0 Å². The molecule has 1 aromatic carbocycles. The van der Waals surface area contributed by atoms with Gasteiger partial charge >= 0.3 is 0 Å². The quantitative estimate of drug-likeness (QED) is 0.887. The Morgan fingerprint density at radius 3 is 2.29 bits per heavy atom. The highest BCUT2D eigenvalue weighted by molar-refractivity contribution is 9.10. The summed E-state index contributed by atoms with van der Waals surface area (Å²) in [5, 5.41) is 0. The Bertz CT molecular complexity index is 361. The smallest absolute Gasteiger partial charge is 0.248 e. The van der Waals surface area contributed by atoms with Crippen LogP contribution < -0.4 is 5.73 Å². The third kappa shape index (κ3) is 1.98. The van der Waals surface area contributed by atoms with E-state index in [1.807, 2.05) is 13.0 Å². The minimum atomic E-state index is -0.343. The van der Waals surface area contributed by atoms with Gasteiger partial charge in [0.1, 0.15) is 0 Å². The van der Waals surface area contributed by atoms with Gasteiger partial charge in [-0.1, -0.05) is 29.8 Å². The molecule has 0 spiro atoms. The van der Waals surface area contributed by atoms with Crippen LogP contribution in [0.2, 0.25) is 0 Å². The van der Waals surface area contributed by atoms with E-state index in [0.29, 0.717) is 5.56 Å². The number of primary amides is 1. The van der Waals surface area contributed by atoms with Gasteiger partial charge in [-0.25, -0.2) is 0 Å². The molecule has 0 radical (unpaired) electrons. The monoisotopic (exact) mass is 255 g/mol. The number of amides is 1. The van der Waals surface area contributed by atoms with Crippen LogP contribution in [0.5, 0.6) is 0 Å². The first-order valence-electron chi connectivity index (χ1n) is 4.71. The molecule has 14 heavy (non-hydrogen) atoms. The molecule has 0 bridgehead atoms. The number of hydrogen-bond donors (Lipinski definition) is 1. The van der Waals surface area contributed by atoms with Gasteiger partial charge in [-0.15, -0.1) is 0 Å². The highest BCUT2D eigenvalue weighted by Crippen LogP contribution is 2.24. The lowest BCUT2D eigenvalue weighted by molar-refractivity contribution is 0.0999. The van der Waals surface area contributed by atoms with E-state index in [1.54, 1.807) is 6.07 Å². The molecule has 0 unspecified atom stereocenters. The number of carbonyl (C=O) groups is 1. The van der Waals surface area contributed by atoms with E-state index in [0.717, 1.165) is 22.9 Å². The molecule has 0 heterocycles. The Labute approximate surface area is 92.6 Å². The summed E-state index contributed by atoms with van der Waals surface area (Å²) in [4.78, 5) is 11.2. The van der Waals surface area contributed by atoms with E-state index in [2.05, 4.69) is 22.9 Å². The number of nitrogens with two attached hydrogens (primary N) is 1. The molecule has 2 nitrogen and oxygen atoms in total. The van der Waals surface area contributed by atoms with E-state index in [4.69, 9.17) is 5.73 Å². The fraction of sp³-hybridized carbons (Fsp3) is 0.364. The second-order valence-electron chi connectivity index (χ2n) is 3.12. The summed E-state index contributed by atoms with van der Waals surface area (Å²) < 4.78 is 1.06. The van der Waals surface area contributed by atoms with Crippen LogP contribution in [0.4, 0.5) is 0 Å². The standard InChI is InChI=1S/C11H14BrNO/c1-3-7-8(4-2)10(12)6-5-9(7)11(13)14/h5-6H,3-4H2,1-2H3,(H2,13,14). The van der Waals surface area contributed by atoms with Crippen LogP contribution in [-0.4, -0.2) is 5.91 Å². The number of halogens is 1. The van der Waals surface area contributed by atoms with Gasteiger partial charge in [0.25, 0.3) is 0 Å². The average Bonchev–Trinajstić information content (AvgIpc) is 2.16. The molecule has 0 aliphatic rings. The van der Waals surface area contributed by atoms with Gasteiger partial charge < -0.3 is 5.73 Å². The maximum Gasteiger partial charge on any atom is 0.248 e. The molecule has 0 saturated carbocycles. The van der Waals surface area contributed by atoms with Gasteiger partial charge in [0.2, 0.25) is 5.91 Å². The second-order valence-corrected chi connectivity index (χ2v) is 3.98. The maximum absolute atomic E-state index is 11.2. The van der Waals surface area contributed by atoms with E-state index in [9.17, 15) is 4.79 Å². The summed E-state index contributed by atoms with van der Waals surface area (Å²) in [5.74, 6) is -0.343. The fourth-order valence-corrected chi connectivity index (χ4v) is 2.33. The fourth-order valence-electron chi connectivity index (χ4n) is 1.68. The Morgan fingerprint density at radius 1 is 1.29 bits per heavy atom. The minimum absolute atomic E-state index is 0.343. The molecule has 0 aliphatic carbocycles. The summed E-state index contributed by atoms with van der Waals surface area (Å²) in [6, 6.07) is 3.67. The average molecular weight is 256 g/mol. The van der Waals surface area contributed by atoms with Crippen molar-refractivity contribution in [2.24, 2.45) is 5.73 Å². The van der Waals surface area contributed by atoms with Crippen LogP contribution in [-0.2, 0) is 12.8 Å². The predicted octanol–water partition coefficient (Wildman–Crippen LogP) is 2.67. The van der Waals surface area contributed by atoms with Crippen LogP contribution in [0.1, 0.15) is 35.3 Å². The van der Waals surface area contributed by atoms with Crippen molar-refractivity contribution in [2.75, 3.05) is 0 Å². The summed E-state index contributed by atoms with van der Waals surface area (Å²) >= 11 is 3.48. The van der Waals surface area contributed by atoms with Crippen molar-refractivity contribution in [3.63, 3.8) is 0 Å². The second kappa shape index (κ2) is 4.60. The molecule has 0 atom stereocenters. The first-order chi connectivity index (χ1) is 6.61. The van der Waals surface area contributed by atoms with Crippen molar-refractivity contribution in [1.29, 1.82) is 0 Å². The normalized spacial score (nSPS) is 10.2. The third-order valence-corrected chi connectivity index (χ3v) is 3.09. The van der Waals surface area contributed by atoms with Crippen LogP contribution in [0.15, 0.2) is 16.6 Å². The molecule has 0 saturated heterocycles. The zero-order valence-electron chi connectivity index (χ0n) is 8.43. The molecule has 76 valence electrons. The molecule has 1 aromatic rings. The van der Waals surface area contributed by atoms with Gasteiger partial charge in [-0.2, -0.15) is 0 Å². The Hall–Kier alpha value is -0.830. The number of rotatable bonds is 3. The lowest BCUT2D eigenvalue weighted by Gasteiger charge is -2.11. The van der Waals surface area contributed by atoms with Gasteiger partial charge in [-0.05, 0) is 36.1 Å². The summed E-state index contributed by atoms with van der Waals surface area (Å²) in [7, 11) is 0. The zero-order valence-corrected chi connectivity index (χ0v) is 10.0. The van der Waals surface area contributed by atoms with Crippen LogP contribution in [0, 0.1) is 0 Å². The lowest BCUT2D eigenvalue weighted by atomic mass is 9.97. The summed E-state index contributed by atoms with van der Waals surface area (Å²) in [6.07, 6.45) is 1.74. The predicted molar refractivity (Wildman–Crippen MR) is 61.4 cm³/mol. The molecule has 3 heteroatoms. The first-order valence-corrected chi connectivity index (χ1v) is 5.51. The van der Waals surface area contributed by atoms with E-state index >= 15 is 0 Å². The zero-order chi connectivity index (χ0) is 10.7. The van der Waals surface area contributed by atoms with E-state index in [-0.39, 0.29) is 5.91 Å². The largest absolute Gasteiger partial charge is 0.366 e. The van der Waals surface area contributed by atoms with Gasteiger partial charge in [0.05, 0.1) is 0 Å². The highest BCUT2D eigenvalue weighted by Gasteiger charge is 2.12. The van der Waals surface area contributed by atoms with Crippen molar-refractivity contribution in [3.05, 3.63) is 33.3 Å². The molecular weight excluding hydrogens is 242 g/mol. The topological polar surface area (TPSA) is 43.1 Å². The van der Waals surface area contributed by atoms with Crippen LogP contribution >= 0.6 is 15.9 Å². The number of benzene rings is 1. The molecule has 2 N–H and O–H groups in total. The van der Waals surface area contributed by atoms with Gasteiger partial charge in [0, 0.05) is 10.0 Å². The maximum atomic E-state index is 11.2.